The molecule has 2 heterocycles. The number of carbonyl (C=O) groups excluding carboxylic acids is 1. The van der Waals surface area contributed by atoms with E-state index >= 15 is 0 Å². The molecule has 0 N–H and O–H groups in total. The summed E-state index contributed by atoms with van der Waals surface area (Å²) in [5.74, 6) is -0.110. The van der Waals surface area contributed by atoms with Crippen molar-refractivity contribution in [3.63, 3.8) is 0 Å². The van der Waals surface area contributed by atoms with E-state index in [1.165, 1.54) is 0 Å². The molecule has 1 aromatic carbocycles. The maximum atomic E-state index is 12.4. The van der Waals surface area contributed by atoms with Crippen LogP contribution in [-0.2, 0) is 15.9 Å². The Morgan fingerprint density at radius 3 is 2.60 bits per heavy atom. The number of Topliss-reactive ketones (excluding diaryl/α,β-unsaturated/α-hetero) is 1. The van der Waals surface area contributed by atoms with Gasteiger partial charge in [-0.1, -0.05) is 12.1 Å². The molecule has 1 aromatic heterocycles. The molecule has 7 heteroatoms. The van der Waals surface area contributed by atoms with E-state index in [1.807, 2.05) is 33.8 Å². The van der Waals surface area contributed by atoms with Crippen LogP contribution in [0, 0.1) is 11.3 Å². The maximum absolute atomic E-state index is 12.4. The van der Waals surface area contributed by atoms with Gasteiger partial charge in [-0.2, -0.15) is 10.4 Å². The van der Waals surface area contributed by atoms with Crippen LogP contribution < -0.4 is 5.46 Å². The molecule has 3 rings (SSSR count). The summed E-state index contributed by atoms with van der Waals surface area (Å²) in [6.07, 6.45) is 3.41. The molecule has 0 atom stereocenters. The summed E-state index contributed by atoms with van der Waals surface area (Å²) < 4.78 is 13.5. The van der Waals surface area contributed by atoms with E-state index < -0.39 is 18.3 Å². The molecule has 0 bridgehead atoms. The number of benzene rings is 1. The minimum atomic E-state index is -0.504. The maximum Gasteiger partial charge on any atom is 0.498 e. The first-order chi connectivity index (χ1) is 11.7. The molecule has 0 aliphatic carbocycles. The summed E-state index contributed by atoms with van der Waals surface area (Å²) in [5.41, 5.74) is 0.883. The van der Waals surface area contributed by atoms with Crippen molar-refractivity contribution < 1.29 is 14.1 Å². The Bertz CT molecular complexity index is 835. The van der Waals surface area contributed by atoms with Gasteiger partial charge in [0.15, 0.2) is 5.78 Å². The summed E-state index contributed by atoms with van der Waals surface area (Å²) in [4.78, 5) is 12.4. The van der Waals surface area contributed by atoms with E-state index in [9.17, 15) is 4.79 Å². The Morgan fingerprint density at radius 2 is 1.96 bits per heavy atom. The van der Waals surface area contributed by atoms with Crippen LogP contribution in [0.3, 0.4) is 0 Å². The average molecular weight is 337 g/mol. The number of nitrogens with zero attached hydrogens (tertiary/aromatic N) is 3. The zero-order chi connectivity index (χ0) is 18.2. The van der Waals surface area contributed by atoms with Crippen molar-refractivity contribution in [2.45, 2.75) is 45.4 Å². The average Bonchev–Trinajstić information content (AvgIpc) is 3.10. The van der Waals surface area contributed by atoms with Gasteiger partial charge >= 0.3 is 7.12 Å². The highest BCUT2D eigenvalue weighted by molar-refractivity contribution is 6.62. The Hall–Kier alpha value is -2.43. The molecule has 0 radical (unpaired) electrons. The SMILES string of the molecule is CC1(C)OB(c2cnn(CC(=O)c3cccc(C#N)c3)c2)OC1(C)C. The van der Waals surface area contributed by atoms with Crippen LogP contribution in [0.2, 0.25) is 0 Å². The molecule has 1 fully saturated rings. The van der Waals surface area contributed by atoms with Gasteiger partial charge in [-0.3, -0.25) is 9.48 Å². The largest absolute Gasteiger partial charge is 0.498 e. The third-order valence-electron chi connectivity index (χ3n) is 4.80. The van der Waals surface area contributed by atoms with Gasteiger partial charge in [0, 0.05) is 23.4 Å². The fourth-order valence-electron chi connectivity index (χ4n) is 2.57. The Kier molecular flexibility index (Phi) is 4.27. The molecule has 0 amide bonds. The van der Waals surface area contributed by atoms with E-state index in [0.717, 1.165) is 5.46 Å². The van der Waals surface area contributed by atoms with Gasteiger partial charge in [0.25, 0.3) is 0 Å². The van der Waals surface area contributed by atoms with E-state index in [1.54, 1.807) is 41.3 Å². The summed E-state index contributed by atoms with van der Waals surface area (Å²) in [6.45, 7) is 8.05. The lowest BCUT2D eigenvalue weighted by molar-refractivity contribution is 0.00578. The van der Waals surface area contributed by atoms with Crippen LogP contribution in [0.1, 0.15) is 43.6 Å². The van der Waals surface area contributed by atoms with Crippen LogP contribution in [0.4, 0.5) is 0 Å². The van der Waals surface area contributed by atoms with E-state index in [4.69, 9.17) is 14.6 Å². The second kappa shape index (κ2) is 6.14. The van der Waals surface area contributed by atoms with Gasteiger partial charge in [0.2, 0.25) is 0 Å². The number of hydrogen-bond acceptors (Lipinski definition) is 5. The molecule has 0 saturated carbocycles. The number of rotatable bonds is 4. The molecular formula is C18H20BN3O3. The van der Waals surface area contributed by atoms with Gasteiger partial charge in [-0.15, -0.1) is 0 Å². The number of hydrogen-bond donors (Lipinski definition) is 0. The van der Waals surface area contributed by atoms with Crippen LogP contribution in [0.5, 0.6) is 0 Å². The van der Waals surface area contributed by atoms with Gasteiger partial charge in [-0.05, 0) is 39.8 Å². The summed E-state index contributed by atoms with van der Waals surface area (Å²) in [5, 5.41) is 13.2. The lowest BCUT2D eigenvalue weighted by Gasteiger charge is -2.32. The second-order valence-corrected chi connectivity index (χ2v) is 7.18. The summed E-state index contributed by atoms with van der Waals surface area (Å²) >= 11 is 0. The standard InChI is InChI=1S/C18H20BN3O3/c1-17(2)18(3,4)25-19(24-17)15-10-21-22(11-15)12-16(23)14-7-5-6-13(8-14)9-20/h5-8,10-11H,12H2,1-4H3. The summed E-state index contributed by atoms with van der Waals surface area (Å²) in [6, 6.07) is 8.68. The van der Waals surface area contributed by atoms with Gasteiger partial charge < -0.3 is 9.31 Å². The quantitative estimate of drug-likeness (QED) is 0.629. The highest BCUT2D eigenvalue weighted by Gasteiger charge is 2.52. The van der Waals surface area contributed by atoms with E-state index in [-0.39, 0.29) is 12.3 Å². The fraction of sp³-hybridized carbons (Fsp3) is 0.389. The van der Waals surface area contributed by atoms with Gasteiger partial charge in [0.05, 0.1) is 22.8 Å². The van der Waals surface area contributed by atoms with Gasteiger partial charge in [-0.25, -0.2) is 0 Å². The minimum Gasteiger partial charge on any atom is -0.399 e. The molecule has 0 unspecified atom stereocenters. The van der Waals surface area contributed by atoms with Crippen molar-refractivity contribution in [1.82, 2.24) is 9.78 Å². The normalized spacial score (nSPS) is 18.1. The molecule has 128 valence electrons. The van der Waals surface area contributed by atoms with E-state index in [0.29, 0.717) is 11.1 Å². The first kappa shape index (κ1) is 17.4. The zero-order valence-electron chi connectivity index (χ0n) is 14.8. The van der Waals surface area contributed by atoms with Crippen molar-refractivity contribution in [2.24, 2.45) is 0 Å². The summed E-state index contributed by atoms with van der Waals surface area (Å²) in [7, 11) is -0.504. The highest BCUT2D eigenvalue weighted by atomic mass is 16.7. The Morgan fingerprint density at radius 1 is 1.28 bits per heavy atom. The first-order valence-corrected chi connectivity index (χ1v) is 8.13. The zero-order valence-corrected chi connectivity index (χ0v) is 14.8. The smallest absolute Gasteiger partial charge is 0.399 e. The van der Waals surface area contributed by atoms with Crippen molar-refractivity contribution in [3.05, 3.63) is 47.8 Å². The van der Waals surface area contributed by atoms with Crippen molar-refractivity contribution in [2.75, 3.05) is 0 Å². The first-order valence-electron chi connectivity index (χ1n) is 8.13. The lowest BCUT2D eigenvalue weighted by atomic mass is 9.82. The van der Waals surface area contributed by atoms with Crippen molar-refractivity contribution in [3.8, 4) is 6.07 Å². The predicted molar refractivity (Wildman–Crippen MR) is 93.4 cm³/mol. The Balaban J connectivity index is 1.72. The van der Waals surface area contributed by atoms with E-state index in [2.05, 4.69) is 5.10 Å². The van der Waals surface area contributed by atoms with Gasteiger partial charge in [0.1, 0.15) is 6.54 Å². The molecule has 1 aliphatic heterocycles. The number of nitriles is 1. The fourth-order valence-corrected chi connectivity index (χ4v) is 2.57. The second-order valence-electron chi connectivity index (χ2n) is 7.18. The molecule has 1 aliphatic rings. The molecular weight excluding hydrogens is 317 g/mol. The third kappa shape index (κ3) is 3.36. The third-order valence-corrected chi connectivity index (χ3v) is 4.80. The van der Waals surface area contributed by atoms with Crippen LogP contribution >= 0.6 is 0 Å². The predicted octanol–water partition coefficient (Wildman–Crippen LogP) is 1.94. The monoisotopic (exact) mass is 337 g/mol. The molecule has 6 nitrogen and oxygen atoms in total. The van der Waals surface area contributed by atoms with Crippen molar-refractivity contribution >= 4 is 18.4 Å². The van der Waals surface area contributed by atoms with Crippen molar-refractivity contribution in [1.29, 1.82) is 5.26 Å². The van der Waals surface area contributed by atoms with Crippen LogP contribution in [-0.4, -0.2) is 33.9 Å². The molecule has 25 heavy (non-hydrogen) atoms. The van der Waals surface area contributed by atoms with Crippen LogP contribution in [0.15, 0.2) is 36.7 Å². The highest BCUT2D eigenvalue weighted by Crippen LogP contribution is 2.36. The number of aromatic nitrogens is 2. The Labute approximate surface area is 147 Å². The van der Waals surface area contributed by atoms with Crippen LogP contribution in [0.25, 0.3) is 0 Å². The molecule has 1 saturated heterocycles. The minimum absolute atomic E-state index is 0.0917. The number of ketones is 1. The molecule has 2 aromatic rings. The lowest BCUT2D eigenvalue weighted by Crippen LogP contribution is -2.41. The molecule has 0 spiro atoms. The number of carbonyl (C=O) groups is 1. The topological polar surface area (TPSA) is 77.1 Å².